The van der Waals surface area contributed by atoms with E-state index in [-0.39, 0.29) is 36.8 Å². The summed E-state index contributed by atoms with van der Waals surface area (Å²) in [7, 11) is 1.56. The predicted molar refractivity (Wildman–Crippen MR) is 67.5 cm³/mol. The number of amides is 2. The van der Waals surface area contributed by atoms with Gasteiger partial charge in [0, 0.05) is 13.6 Å². The highest BCUT2D eigenvalue weighted by molar-refractivity contribution is 5.94. The quantitative estimate of drug-likeness (QED) is 0.852. The average Bonchev–Trinajstić information content (AvgIpc) is 3.08. The monoisotopic (exact) mass is 266 g/mol. The van der Waals surface area contributed by atoms with Gasteiger partial charge in [0.15, 0.2) is 5.76 Å². The van der Waals surface area contributed by atoms with Crippen molar-refractivity contribution < 1.29 is 19.1 Å². The van der Waals surface area contributed by atoms with Crippen LogP contribution < -0.4 is 0 Å². The van der Waals surface area contributed by atoms with Gasteiger partial charge in [0.1, 0.15) is 0 Å². The molecule has 0 aromatic carbocycles. The molecular formula is C13H18N2O4. The Hall–Kier alpha value is -1.82. The Labute approximate surface area is 111 Å². The molecule has 1 aromatic heterocycles. The van der Waals surface area contributed by atoms with Crippen molar-refractivity contribution in [3.63, 3.8) is 0 Å². The number of carbonyl (C=O) groups excluding carboxylic acids is 2. The maximum Gasteiger partial charge on any atom is 0.289 e. The maximum atomic E-state index is 12.1. The molecule has 0 aliphatic carbocycles. The summed E-state index contributed by atoms with van der Waals surface area (Å²) in [5.41, 5.74) is 0. The van der Waals surface area contributed by atoms with Crippen molar-refractivity contribution in [3.8, 4) is 0 Å². The van der Waals surface area contributed by atoms with Crippen LogP contribution in [0.15, 0.2) is 22.8 Å². The lowest BCUT2D eigenvalue weighted by molar-refractivity contribution is -0.133. The molecule has 1 aliphatic rings. The van der Waals surface area contributed by atoms with Crippen molar-refractivity contribution in [1.29, 1.82) is 0 Å². The number of rotatable bonds is 4. The molecule has 1 unspecified atom stereocenters. The first-order valence-corrected chi connectivity index (χ1v) is 6.32. The summed E-state index contributed by atoms with van der Waals surface area (Å²) in [6, 6.07) is 3.08. The Bertz CT molecular complexity index is 444. The Balaban J connectivity index is 1.93. The Morgan fingerprint density at radius 2 is 2.37 bits per heavy atom. The number of aliphatic hydroxyl groups is 1. The normalized spacial score (nSPS) is 18.6. The molecule has 0 radical (unpaired) electrons. The van der Waals surface area contributed by atoms with Crippen LogP contribution in [0.5, 0.6) is 0 Å². The lowest BCUT2D eigenvalue weighted by Crippen LogP contribution is -2.44. The minimum Gasteiger partial charge on any atom is -0.459 e. The van der Waals surface area contributed by atoms with Crippen LogP contribution in [0.1, 0.15) is 23.4 Å². The van der Waals surface area contributed by atoms with Crippen molar-refractivity contribution in [2.45, 2.75) is 18.9 Å². The van der Waals surface area contributed by atoms with E-state index in [9.17, 15) is 14.7 Å². The van der Waals surface area contributed by atoms with Gasteiger partial charge in [-0.25, -0.2) is 0 Å². The first-order valence-electron chi connectivity index (χ1n) is 6.32. The minimum absolute atomic E-state index is 0.00394. The van der Waals surface area contributed by atoms with Crippen LogP contribution in [-0.4, -0.2) is 59.5 Å². The van der Waals surface area contributed by atoms with E-state index in [4.69, 9.17) is 4.42 Å². The van der Waals surface area contributed by atoms with E-state index in [1.54, 1.807) is 24.1 Å². The summed E-state index contributed by atoms with van der Waals surface area (Å²) in [6.45, 7) is 0.616. The molecule has 1 aliphatic heterocycles. The number of hydrogen-bond acceptors (Lipinski definition) is 4. The molecule has 1 saturated heterocycles. The second-order valence-electron chi connectivity index (χ2n) is 4.70. The zero-order valence-corrected chi connectivity index (χ0v) is 10.9. The molecule has 1 atom stereocenters. The Morgan fingerprint density at radius 1 is 1.58 bits per heavy atom. The van der Waals surface area contributed by atoms with Gasteiger partial charge in [-0.3, -0.25) is 9.59 Å². The predicted octanol–water partition coefficient (Wildman–Crippen LogP) is 0.335. The molecule has 1 aromatic rings. The largest absolute Gasteiger partial charge is 0.459 e. The topological polar surface area (TPSA) is 74.0 Å². The SMILES string of the molecule is CN(CC(=O)N1CCCC1CO)C(=O)c1ccco1. The van der Waals surface area contributed by atoms with Gasteiger partial charge in [0.2, 0.25) is 5.91 Å². The van der Waals surface area contributed by atoms with Crippen LogP contribution in [0.25, 0.3) is 0 Å². The van der Waals surface area contributed by atoms with Crippen LogP contribution in [0.3, 0.4) is 0 Å². The molecule has 0 spiro atoms. The van der Waals surface area contributed by atoms with Gasteiger partial charge in [-0.15, -0.1) is 0 Å². The lowest BCUT2D eigenvalue weighted by Gasteiger charge is -2.25. The molecule has 1 fully saturated rings. The van der Waals surface area contributed by atoms with Crippen molar-refractivity contribution in [1.82, 2.24) is 9.80 Å². The fraction of sp³-hybridized carbons (Fsp3) is 0.538. The smallest absolute Gasteiger partial charge is 0.289 e. The van der Waals surface area contributed by atoms with Crippen LogP contribution in [0.4, 0.5) is 0 Å². The van der Waals surface area contributed by atoms with Gasteiger partial charge in [0.05, 0.1) is 25.5 Å². The molecule has 2 amide bonds. The number of likely N-dealkylation sites (tertiary alicyclic amines) is 1. The van der Waals surface area contributed by atoms with E-state index in [1.165, 1.54) is 11.2 Å². The summed E-state index contributed by atoms with van der Waals surface area (Å²) in [6.07, 6.45) is 3.13. The molecule has 0 bridgehead atoms. The van der Waals surface area contributed by atoms with Gasteiger partial charge in [-0.05, 0) is 25.0 Å². The Kier molecular flexibility index (Phi) is 4.21. The number of carbonyl (C=O) groups is 2. The van der Waals surface area contributed by atoms with Crippen LogP contribution in [0.2, 0.25) is 0 Å². The summed E-state index contributed by atoms with van der Waals surface area (Å²) < 4.78 is 5.01. The van der Waals surface area contributed by atoms with E-state index in [1.807, 2.05) is 0 Å². The summed E-state index contributed by atoms with van der Waals surface area (Å²) >= 11 is 0. The van der Waals surface area contributed by atoms with Gasteiger partial charge < -0.3 is 19.3 Å². The number of hydrogen-bond donors (Lipinski definition) is 1. The summed E-state index contributed by atoms with van der Waals surface area (Å²) in [5.74, 6) is -0.243. The van der Waals surface area contributed by atoms with Crippen molar-refractivity contribution >= 4 is 11.8 Å². The van der Waals surface area contributed by atoms with Gasteiger partial charge >= 0.3 is 0 Å². The summed E-state index contributed by atoms with van der Waals surface area (Å²) in [5, 5.41) is 9.19. The van der Waals surface area contributed by atoms with Gasteiger partial charge in [0.25, 0.3) is 5.91 Å². The molecule has 19 heavy (non-hydrogen) atoms. The molecule has 2 rings (SSSR count). The second kappa shape index (κ2) is 5.88. The fourth-order valence-electron chi connectivity index (χ4n) is 2.31. The molecule has 104 valence electrons. The van der Waals surface area contributed by atoms with E-state index in [0.717, 1.165) is 12.8 Å². The zero-order chi connectivity index (χ0) is 13.8. The maximum absolute atomic E-state index is 12.1. The number of nitrogens with zero attached hydrogens (tertiary/aromatic N) is 2. The first kappa shape index (κ1) is 13.6. The highest BCUT2D eigenvalue weighted by atomic mass is 16.3. The van der Waals surface area contributed by atoms with E-state index in [2.05, 4.69) is 0 Å². The van der Waals surface area contributed by atoms with Crippen LogP contribution >= 0.6 is 0 Å². The van der Waals surface area contributed by atoms with Crippen molar-refractivity contribution in [3.05, 3.63) is 24.2 Å². The zero-order valence-electron chi connectivity index (χ0n) is 10.9. The van der Waals surface area contributed by atoms with Gasteiger partial charge in [-0.2, -0.15) is 0 Å². The number of furan rings is 1. The standard InChI is InChI=1S/C13H18N2O4/c1-14(13(18)11-5-3-7-19-11)8-12(17)15-6-2-4-10(15)9-16/h3,5,7,10,16H,2,4,6,8-9H2,1H3. The second-order valence-corrected chi connectivity index (χ2v) is 4.70. The number of likely N-dealkylation sites (N-methyl/N-ethyl adjacent to an activating group) is 1. The fourth-order valence-corrected chi connectivity index (χ4v) is 2.31. The average molecular weight is 266 g/mol. The van der Waals surface area contributed by atoms with E-state index in [0.29, 0.717) is 6.54 Å². The van der Waals surface area contributed by atoms with E-state index >= 15 is 0 Å². The van der Waals surface area contributed by atoms with Gasteiger partial charge in [-0.1, -0.05) is 0 Å². The highest BCUT2D eigenvalue weighted by Gasteiger charge is 2.29. The highest BCUT2D eigenvalue weighted by Crippen LogP contribution is 2.17. The van der Waals surface area contributed by atoms with E-state index < -0.39 is 0 Å². The third kappa shape index (κ3) is 2.96. The van der Waals surface area contributed by atoms with Crippen molar-refractivity contribution in [2.24, 2.45) is 0 Å². The minimum atomic E-state index is -0.321. The Morgan fingerprint density at radius 3 is 3.00 bits per heavy atom. The van der Waals surface area contributed by atoms with Crippen LogP contribution in [0, 0.1) is 0 Å². The molecule has 6 nitrogen and oxygen atoms in total. The first-order chi connectivity index (χ1) is 9.13. The molecule has 0 saturated carbocycles. The lowest BCUT2D eigenvalue weighted by atomic mass is 10.2. The van der Waals surface area contributed by atoms with Crippen LogP contribution in [-0.2, 0) is 4.79 Å². The number of aliphatic hydroxyl groups excluding tert-OH is 1. The molecule has 1 N–H and O–H groups in total. The summed E-state index contributed by atoms with van der Waals surface area (Å²) in [4.78, 5) is 27.0. The third-order valence-corrected chi connectivity index (χ3v) is 3.36. The van der Waals surface area contributed by atoms with Crippen molar-refractivity contribution in [2.75, 3.05) is 26.7 Å². The third-order valence-electron chi connectivity index (χ3n) is 3.36. The molecule has 6 heteroatoms. The molecular weight excluding hydrogens is 248 g/mol. The molecule has 2 heterocycles.